The highest BCUT2D eigenvalue weighted by molar-refractivity contribution is 5.64. The minimum atomic E-state index is -0.260. The number of aromatic nitrogens is 2. The summed E-state index contributed by atoms with van der Waals surface area (Å²) in [7, 11) is 3.29. The maximum absolute atomic E-state index is 13.7. The van der Waals surface area contributed by atoms with Gasteiger partial charge in [0.2, 0.25) is 5.75 Å². The van der Waals surface area contributed by atoms with Gasteiger partial charge in [-0.05, 0) is 6.07 Å². The van der Waals surface area contributed by atoms with Crippen molar-refractivity contribution >= 4 is 11.6 Å². The van der Waals surface area contributed by atoms with E-state index in [1.165, 1.54) is 19.5 Å². The Morgan fingerprint density at radius 3 is 2.75 bits per heavy atom. The van der Waals surface area contributed by atoms with Crippen molar-refractivity contribution in [3.63, 3.8) is 0 Å². The van der Waals surface area contributed by atoms with Crippen LogP contribution in [0.5, 0.6) is 5.75 Å². The molecule has 3 N–H and O–H groups in total. The van der Waals surface area contributed by atoms with Gasteiger partial charge >= 0.3 is 0 Å². The lowest BCUT2D eigenvalue weighted by molar-refractivity contribution is 0.412. The lowest BCUT2D eigenvalue weighted by atomic mass is 10.2. The van der Waals surface area contributed by atoms with E-state index in [9.17, 15) is 4.39 Å². The molecule has 2 rings (SSSR count). The molecule has 7 heteroatoms. The third-order valence-corrected chi connectivity index (χ3v) is 2.85. The number of nitrogens with two attached hydrogens (primary N) is 1. The minimum Gasteiger partial charge on any atom is -0.490 e. The van der Waals surface area contributed by atoms with E-state index >= 15 is 0 Å². The molecule has 0 aliphatic carbocycles. The number of hydrazine groups is 1. The number of nitrogens with one attached hydrogen (secondary N) is 1. The second kappa shape index (κ2) is 6.16. The highest BCUT2D eigenvalue weighted by atomic mass is 19.1. The molecule has 0 aliphatic rings. The summed E-state index contributed by atoms with van der Waals surface area (Å²) in [5.74, 6) is 6.42. The quantitative estimate of drug-likeness (QED) is 0.638. The number of hydrogen-bond donors (Lipinski definition) is 2. The normalized spacial score (nSPS) is 10.2. The van der Waals surface area contributed by atoms with Crippen molar-refractivity contribution in [3.8, 4) is 5.75 Å². The molecule has 0 bridgehead atoms. The fourth-order valence-corrected chi connectivity index (χ4v) is 1.88. The molecule has 1 aromatic carbocycles. The number of anilines is 2. The largest absolute Gasteiger partial charge is 0.490 e. The first kappa shape index (κ1) is 14.0. The average molecular weight is 277 g/mol. The predicted octanol–water partition coefficient (Wildman–Crippen LogP) is 1.55. The van der Waals surface area contributed by atoms with Crippen molar-refractivity contribution in [1.82, 2.24) is 9.97 Å². The van der Waals surface area contributed by atoms with Gasteiger partial charge in [0.1, 0.15) is 12.1 Å². The highest BCUT2D eigenvalue weighted by Crippen LogP contribution is 2.31. The number of nitrogen functional groups attached to an aromatic ring is 1. The van der Waals surface area contributed by atoms with Crippen LogP contribution in [-0.2, 0) is 6.54 Å². The number of methoxy groups -OCH3 is 1. The molecule has 0 saturated heterocycles. The monoisotopic (exact) mass is 277 g/mol. The van der Waals surface area contributed by atoms with Gasteiger partial charge < -0.3 is 15.1 Å². The summed E-state index contributed by atoms with van der Waals surface area (Å²) in [5.41, 5.74) is 3.01. The lowest BCUT2D eigenvalue weighted by Gasteiger charge is -2.21. The second-order valence-corrected chi connectivity index (χ2v) is 4.17. The molecule has 0 saturated carbocycles. The first-order valence-electron chi connectivity index (χ1n) is 5.97. The Morgan fingerprint density at radius 2 is 2.10 bits per heavy atom. The van der Waals surface area contributed by atoms with Gasteiger partial charge in [-0.1, -0.05) is 18.2 Å². The van der Waals surface area contributed by atoms with E-state index in [1.54, 1.807) is 30.1 Å². The van der Waals surface area contributed by atoms with E-state index in [1.807, 2.05) is 0 Å². The van der Waals surface area contributed by atoms with Gasteiger partial charge in [-0.25, -0.2) is 20.2 Å². The molecule has 0 aliphatic heterocycles. The van der Waals surface area contributed by atoms with Crippen LogP contribution in [0.1, 0.15) is 5.56 Å². The van der Waals surface area contributed by atoms with Crippen molar-refractivity contribution in [2.45, 2.75) is 6.54 Å². The Balaban J connectivity index is 2.30. The number of nitrogens with zero attached hydrogens (tertiary/aromatic N) is 3. The lowest BCUT2D eigenvalue weighted by Crippen LogP contribution is -2.21. The van der Waals surface area contributed by atoms with E-state index in [0.29, 0.717) is 29.5 Å². The maximum atomic E-state index is 13.7. The topological polar surface area (TPSA) is 76.3 Å². The number of benzene rings is 1. The van der Waals surface area contributed by atoms with Crippen molar-refractivity contribution < 1.29 is 9.13 Å². The summed E-state index contributed by atoms with van der Waals surface area (Å²) in [6, 6.07) is 6.59. The average Bonchev–Trinajstić information content (AvgIpc) is 2.48. The zero-order chi connectivity index (χ0) is 14.5. The van der Waals surface area contributed by atoms with Crippen LogP contribution in [0.4, 0.5) is 16.0 Å². The van der Waals surface area contributed by atoms with E-state index in [-0.39, 0.29) is 5.82 Å². The first-order chi connectivity index (χ1) is 9.67. The Morgan fingerprint density at radius 1 is 1.35 bits per heavy atom. The summed E-state index contributed by atoms with van der Waals surface area (Å²) in [6.07, 6.45) is 1.37. The van der Waals surface area contributed by atoms with Crippen LogP contribution in [-0.4, -0.2) is 24.1 Å². The van der Waals surface area contributed by atoms with Crippen molar-refractivity contribution in [1.29, 1.82) is 0 Å². The Bertz CT molecular complexity index is 593. The summed E-state index contributed by atoms with van der Waals surface area (Å²) in [5, 5.41) is 0. The summed E-state index contributed by atoms with van der Waals surface area (Å²) >= 11 is 0. The van der Waals surface area contributed by atoms with Gasteiger partial charge in [-0.15, -0.1) is 0 Å². The van der Waals surface area contributed by atoms with Gasteiger partial charge in [0.25, 0.3) is 0 Å². The molecule has 1 heterocycles. The number of rotatable bonds is 5. The summed E-state index contributed by atoms with van der Waals surface area (Å²) in [4.78, 5) is 9.88. The van der Waals surface area contributed by atoms with E-state index in [2.05, 4.69) is 15.4 Å². The van der Waals surface area contributed by atoms with Crippen molar-refractivity contribution in [3.05, 3.63) is 42.0 Å². The van der Waals surface area contributed by atoms with E-state index in [4.69, 9.17) is 10.6 Å². The zero-order valence-electron chi connectivity index (χ0n) is 11.3. The molecule has 106 valence electrons. The third-order valence-electron chi connectivity index (χ3n) is 2.85. The Hall–Kier alpha value is -2.41. The van der Waals surface area contributed by atoms with Crippen LogP contribution in [0.15, 0.2) is 30.6 Å². The minimum absolute atomic E-state index is 0.260. The molecule has 20 heavy (non-hydrogen) atoms. The third kappa shape index (κ3) is 2.77. The molecule has 1 aromatic heterocycles. The van der Waals surface area contributed by atoms with Crippen LogP contribution in [0.25, 0.3) is 0 Å². The molecule has 0 atom stereocenters. The number of ether oxygens (including phenoxy) is 1. The number of halogens is 1. The fraction of sp³-hybridized carbons (Fsp3) is 0.231. The second-order valence-electron chi connectivity index (χ2n) is 4.17. The standard InChI is InChI=1S/C13H16FN5O/c1-19(7-9-5-3-4-6-10(9)14)13-11(20-2)12(18-15)16-8-17-13/h3-6,8H,7,15H2,1-2H3,(H,16,17,18). The van der Waals surface area contributed by atoms with Crippen molar-refractivity contribution in [2.24, 2.45) is 5.84 Å². The van der Waals surface area contributed by atoms with Crippen LogP contribution in [0, 0.1) is 5.82 Å². The first-order valence-corrected chi connectivity index (χ1v) is 5.97. The van der Waals surface area contributed by atoms with E-state index < -0.39 is 0 Å². The van der Waals surface area contributed by atoms with Crippen LogP contribution >= 0.6 is 0 Å². The molecule has 0 spiro atoms. The van der Waals surface area contributed by atoms with E-state index in [0.717, 1.165) is 0 Å². The van der Waals surface area contributed by atoms with Gasteiger partial charge in [-0.3, -0.25) is 0 Å². The molecular formula is C13H16FN5O. The summed E-state index contributed by atoms with van der Waals surface area (Å²) in [6.45, 7) is 0.351. The molecular weight excluding hydrogens is 261 g/mol. The SMILES string of the molecule is COc1c(NN)ncnc1N(C)Cc1ccccc1F. The fourth-order valence-electron chi connectivity index (χ4n) is 1.88. The Labute approximate surface area is 116 Å². The van der Waals surface area contributed by atoms with Gasteiger partial charge in [0.15, 0.2) is 11.6 Å². The molecule has 6 nitrogen and oxygen atoms in total. The van der Waals surface area contributed by atoms with Crippen LogP contribution in [0.3, 0.4) is 0 Å². The van der Waals surface area contributed by atoms with Crippen molar-refractivity contribution in [2.75, 3.05) is 24.5 Å². The molecule has 2 aromatic rings. The molecule has 0 amide bonds. The molecule has 0 fully saturated rings. The highest BCUT2D eigenvalue weighted by Gasteiger charge is 2.16. The molecule has 0 unspecified atom stereocenters. The van der Waals surface area contributed by atoms with Crippen LogP contribution < -0.4 is 20.9 Å². The maximum Gasteiger partial charge on any atom is 0.205 e. The van der Waals surface area contributed by atoms with Gasteiger partial charge in [0, 0.05) is 19.2 Å². The molecule has 0 radical (unpaired) electrons. The number of hydrogen-bond acceptors (Lipinski definition) is 6. The Kier molecular flexibility index (Phi) is 4.31. The van der Waals surface area contributed by atoms with Crippen LogP contribution in [0.2, 0.25) is 0 Å². The summed E-state index contributed by atoms with van der Waals surface area (Å²) < 4.78 is 18.9. The smallest absolute Gasteiger partial charge is 0.205 e. The predicted molar refractivity (Wildman–Crippen MR) is 74.9 cm³/mol. The zero-order valence-corrected chi connectivity index (χ0v) is 11.3. The van der Waals surface area contributed by atoms with Gasteiger partial charge in [-0.2, -0.15) is 0 Å². The van der Waals surface area contributed by atoms with Gasteiger partial charge in [0.05, 0.1) is 7.11 Å².